The summed E-state index contributed by atoms with van der Waals surface area (Å²) >= 11 is 1.53. The normalized spacial score (nSPS) is 15.4. The largest absolute Gasteiger partial charge is 0.312 e. The van der Waals surface area contributed by atoms with Crippen LogP contribution >= 0.6 is 11.5 Å². The molecule has 4 heteroatoms. The molecule has 3 nitrogen and oxygen atoms in total. The van der Waals surface area contributed by atoms with Gasteiger partial charge in [0.25, 0.3) is 0 Å². The third kappa shape index (κ3) is 2.30. The molecule has 2 atom stereocenters. The van der Waals surface area contributed by atoms with Gasteiger partial charge >= 0.3 is 0 Å². The minimum absolute atomic E-state index is 0.412. The fraction of sp³-hybridized carbons (Fsp3) is 0.800. The van der Waals surface area contributed by atoms with Crippen LogP contribution in [0.2, 0.25) is 0 Å². The first kappa shape index (κ1) is 11.6. The second kappa shape index (κ2) is 5.41. The molecule has 0 fully saturated rings. The Labute approximate surface area is 90.1 Å². The van der Waals surface area contributed by atoms with Crippen molar-refractivity contribution in [2.45, 2.75) is 39.7 Å². The van der Waals surface area contributed by atoms with E-state index in [1.165, 1.54) is 22.8 Å². The van der Waals surface area contributed by atoms with Crippen molar-refractivity contribution in [3.05, 3.63) is 10.6 Å². The molecule has 1 rings (SSSR count). The Morgan fingerprint density at radius 3 is 2.64 bits per heavy atom. The Morgan fingerprint density at radius 1 is 1.43 bits per heavy atom. The predicted octanol–water partition coefficient (Wildman–Crippen LogP) is 2.41. The topological polar surface area (TPSA) is 37.8 Å². The zero-order chi connectivity index (χ0) is 10.6. The SMILES string of the molecule is CCc1nnsc1C(NC)C(C)CC. The van der Waals surface area contributed by atoms with Crippen molar-refractivity contribution in [3.8, 4) is 0 Å². The fourth-order valence-corrected chi connectivity index (χ4v) is 2.59. The molecule has 0 radical (unpaired) electrons. The van der Waals surface area contributed by atoms with Gasteiger partial charge in [-0.1, -0.05) is 31.7 Å². The van der Waals surface area contributed by atoms with E-state index in [0.717, 1.165) is 12.1 Å². The summed E-state index contributed by atoms with van der Waals surface area (Å²) in [6.45, 7) is 6.61. The molecule has 0 saturated carbocycles. The van der Waals surface area contributed by atoms with E-state index in [1.807, 2.05) is 7.05 Å². The Kier molecular flexibility index (Phi) is 4.48. The van der Waals surface area contributed by atoms with Gasteiger partial charge in [-0.3, -0.25) is 0 Å². The van der Waals surface area contributed by atoms with Crippen LogP contribution in [0.5, 0.6) is 0 Å². The molecular formula is C10H19N3S. The molecule has 1 aromatic heterocycles. The third-order valence-electron chi connectivity index (χ3n) is 2.73. The summed E-state index contributed by atoms with van der Waals surface area (Å²) in [6.07, 6.45) is 2.15. The lowest BCUT2D eigenvalue weighted by molar-refractivity contribution is 0.403. The molecule has 0 spiro atoms. The molecule has 0 amide bonds. The Hall–Kier alpha value is -0.480. The lowest BCUT2D eigenvalue weighted by Gasteiger charge is -2.21. The van der Waals surface area contributed by atoms with Crippen LogP contribution in [0.15, 0.2) is 0 Å². The quantitative estimate of drug-likeness (QED) is 0.816. The van der Waals surface area contributed by atoms with Crippen LogP contribution in [0.25, 0.3) is 0 Å². The summed E-state index contributed by atoms with van der Waals surface area (Å²) in [7, 11) is 2.01. The van der Waals surface area contributed by atoms with Gasteiger partial charge in [0.15, 0.2) is 0 Å². The molecule has 1 heterocycles. The zero-order valence-corrected chi connectivity index (χ0v) is 10.2. The molecule has 0 aromatic carbocycles. The van der Waals surface area contributed by atoms with Crippen molar-refractivity contribution < 1.29 is 0 Å². The van der Waals surface area contributed by atoms with Crippen molar-refractivity contribution >= 4 is 11.5 Å². The van der Waals surface area contributed by atoms with E-state index >= 15 is 0 Å². The monoisotopic (exact) mass is 213 g/mol. The number of aromatic nitrogens is 2. The van der Waals surface area contributed by atoms with Gasteiger partial charge in [0.05, 0.1) is 10.6 Å². The number of rotatable bonds is 5. The second-order valence-corrected chi connectivity index (χ2v) is 4.38. The second-order valence-electron chi connectivity index (χ2n) is 3.59. The van der Waals surface area contributed by atoms with E-state index in [4.69, 9.17) is 0 Å². The zero-order valence-electron chi connectivity index (χ0n) is 9.37. The Bertz CT molecular complexity index is 272. The maximum atomic E-state index is 4.15. The van der Waals surface area contributed by atoms with Crippen LogP contribution in [0.3, 0.4) is 0 Å². The van der Waals surface area contributed by atoms with Crippen LogP contribution in [-0.4, -0.2) is 16.6 Å². The summed E-state index contributed by atoms with van der Waals surface area (Å²) in [5.74, 6) is 0.632. The first-order valence-corrected chi connectivity index (χ1v) is 6.00. The molecule has 0 saturated heterocycles. The van der Waals surface area contributed by atoms with Gasteiger partial charge in [-0.25, -0.2) is 0 Å². The van der Waals surface area contributed by atoms with Gasteiger partial charge < -0.3 is 5.32 Å². The van der Waals surface area contributed by atoms with Gasteiger partial charge in [-0.05, 0) is 30.9 Å². The molecule has 14 heavy (non-hydrogen) atoms. The van der Waals surface area contributed by atoms with Gasteiger partial charge in [-0.2, -0.15) is 0 Å². The van der Waals surface area contributed by atoms with Gasteiger partial charge in [0, 0.05) is 6.04 Å². The summed E-state index contributed by atoms with van der Waals surface area (Å²) in [4.78, 5) is 1.31. The smallest absolute Gasteiger partial charge is 0.0801 e. The fourth-order valence-electron chi connectivity index (χ4n) is 1.61. The van der Waals surface area contributed by atoms with Gasteiger partial charge in [0.2, 0.25) is 0 Å². The number of hydrogen-bond donors (Lipinski definition) is 1. The molecule has 1 aromatic rings. The van der Waals surface area contributed by atoms with Crippen LogP contribution in [0.4, 0.5) is 0 Å². The van der Waals surface area contributed by atoms with Crippen molar-refractivity contribution in [1.29, 1.82) is 0 Å². The molecule has 1 N–H and O–H groups in total. The summed E-state index contributed by atoms with van der Waals surface area (Å²) in [5.41, 5.74) is 1.15. The number of hydrogen-bond acceptors (Lipinski definition) is 4. The molecule has 0 bridgehead atoms. The highest BCUT2D eigenvalue weighted by atomic mass is 32.1. The number of aryl methyl sites for hydroxylation is 1. The molecule has 0 aliphatic carbocycles. The highest BCUT2D eigenvalue weighted by molar-refractivity contribution is 7.05. The van der Waals surface area contributed by atoms with E-state index in [9.17, 15) is 0 Å². The van der Waals surface area contributed by atoms with Crippen LogP contribution < -0.4 is 5.32 Å². The molecule has 2 unspecified atom stereocenters. The average molecular weight is 213 g/mol. The highest BCUT2D eigenvalue weighted by Crippen LogP contribution is 2.28. The lowest BCUT2D eigenvalue weighted by atomic mass is 9.96. The van der Waals surface area contributed by atoms with Crippen molar-refractivity contribution in [2.75, 3.05) is 7.05 Å². The molecular weight excluding hydrogens is 194 g/mol. The standard InChI is InChI=1S/C10H19N3S/c1-5-7(3)9(11-4)10-8(6-2)12-13-14-10/h7,9,11H,5-6H2,1-4H3. The summed E-state index contributed by atoms with van der Waals surface area (Å²) < 4.78 is 4.03. The lowest BCUT2D eigenvalue weighted by Crippen LogP contribution is -2.23. The summed E-state index contributed by atoms with van der Waals surface area (Å²) in [6, 6.07) is 0.412. The van der Waals surface area contributed by atoms with E-state index in [2.05, 4.69) is 35.7 Å². The maximum absolute atomic E-state index is 4.15. The Morgan fingerprint density at radius 2 is 2.14 bits per heavy atom. The van der Waals surface area contributed by atoms with Crippen LogP contribution in [0, 0.1) is 5.92 Å². The van der Waals surface area contributed by atoms with Gasteiger partial charge in [-0.15, -0.1) is 5.10 Å². The van der Waals surface area contributed by atoms with Crippen molar-refractivity contribution in [2.24, 2.45) is 5.92 Å². The van der Waals surface area contributed by atoms with E-state index in [-0.39, 0.29) is 0 Å². The Balaban J connectivity index is 2.88. The minimum Gasteiger partial charge on any atom is -0.312 e. The predicted molar refractivity (Wildman–Crippen MR) is 60.5 cm³/mol. The minimum atomic E-state index is 0.412. The first-order chi connectivity index (χ1) is 6.74. The average Bonchev–Trinajstić information content (AvgIpc) is 2.66. The maximum Gasteiger partial charge on any atom is 0.0801 e. The first-order valence-electron chi connectivity index (χ1n) is 5.22. The van der Waals surface area contributed by atoms with Crippen molar-refractivity contribution in [1.82, 2.24) is 14.9 Å². The van der Waals surface area contributed by atoms with E-state index in [1.54, 1.807) is 0 Å². The molecule has 0 aliphatic heterocycles. The third-order valence-corrected chi connectivity index (χ3v) is 3.58. The van der Waals surface area contributed by atoms with Crippen molar-refractivity contribution in [3.63, 3.8) is 0 Å². The van der Waals surface area contributed by atoms with Gasteiger partial charge in [0.1, 0.15) is 0 Å². The number of nitrogens with one attached hydrogen (secondary N) is 1. The number of nitrogens with zero attached hydrogens (tertiary/aromatic N) is 2. The van der Waals surface area contributed by atoms with Crippen LogP contribution in [0.1, 0.15) is 43.8 Å². The highest BCUT2D eigenvalue weighted by Gasteiger charge is 2.21. The van der Waals surface area contributed by atoms with E-state index in [0.29, 0.717) is 12.0 Å². The van der Waals surface area contributed by atoms with Crippen LogP contribution in [-0.2, 0) is 6.42 Å². The van der Waals surface area contributed by atoms with E-state index < -0.39 is 0 Å². The molecule has 80 valence electrons. The summed E-state index contributed by atoms with van der Waals surface area (Å²) in [5, 5.41) is 7.51. The molecule has 0 aliphatic rings.